The van der Waals surface area contributed by atoms with Crippen molar-refractivity contribution < 1.29 is 9.90 Å². The summed E-state index contributed by atoms with van der Waals surface area (Å²) in [5.74, 6) is -0.147. The van der Waals surface area contributed by atoms with Crippen molar-refractivity contribution in [2.45, 2.75) is 26.3 Å². The number of aromatic nitrogens is 1. The van der Waals surface area contributed by atoms with Crippen molar-refractivity contribution in [3.8, 4) is 17.1 Å². The number of amides is 1. The largest absolute Gasteiger partial charge is 0.494 e. The van der Waals surface area contributed by atoms with Gasteiger partial charge in [-0.15, -0.1) is 11.3 Å². The molecule has 0 spiro atoms. The Morgan fingerprint density at radius 3 is 2.66 bits per heavy atom. The molecule has 144 valence electrons. The third-order valence-electron chi connectivity index (χ3n) is 5.43. The maximum Gasteiger partial charge on any atom is 0.280 e. The number of unbranched alkanes of at least 4 members (excludes halogenated alkanes) is 1. The van der Waals surface area contributed by atoms with Gasteiger partial charge < -0.3 is 9.67 Å². The summed E-state index contributed by atoms with van der Waals surface area (Å²) in [5.41, 5.74) is 3.37. The van der Waals surface area contributed by atoms with E-state index in [2.05, 4.69) is 30.1 Å². The van der Waals surface area contributed by atoms with Crippen LogP contribution in [0.3, 0.4) is 0 Å². The number of benzene rings is 2. The first kappa shape index (κ1) is 17.9. The van der Waals surface area contributed by atoms with Crippen molar-refractivity contribution in [2.75, 3.05) is 0 Å². The van der Waals surface area contributed by atoms with Crippen LogP contribution in [0.1, 0.15) is 40.6 Å². The molecule has 0 bridgehead atoms. The Bertz CT molecular complexity index is 1260. The summed E-state index contributed by atoms with van der Waals surface area (Å²) in [6.07, 6.45) is 1.91. The first-order valence-electron chi connectivity index (χ1n) is 9.81. The Hall–Kier alpha value is -3.18. The molecule has 0 unspecified atom stereocenters. The molecule has 2 aromatic heterocycles. The maximum atomic E-state index is 13.0. The third-order valence-corrected chi connectivity index (χ3v) is 6.31. The molecule has 1 N–H and O–H groups in total. The summed E-state index contributed by atoms with van der Waals surface area (Å²) in [5, 5.41) is 15.3. The number of thiophene rings is 1. The minimum atomic E-state index is -0.281. The SMILES string of the molecule is CCCCn1c(O)c2c(c1-c1cccc3ccccc13)C(=O)N=C2c1cccs1. The molecular formula is C24H20N2O2S. The van der Waals surface area contributed by atoms with Gasteiger partial charge in [0.2, 0.25) is 5.88 Å². The summed E-state index contributed by atoms with van der Waals surface area (Å²) in [6.45, 7) is 2.77. The Kier molecular flexibility index (Phi) is 4.32. The van der Waals surface area contributed by atoms with Gasteiger partial charge >= 0.3 is 0 Å². The number of aliphatic imine (C=N–C) groups is 1. The Labute approximate surface area is 172 Å². The molecule has 4 aromatic rings. The van der Waals surface area contributed by atoms with E-state index in [9.17, 15) is 9.90 Å². The number of nitrogens with zero attached hydrogens (tertiary/aromatic N) is 2. The van der Waals surface area contributed by atoms with Crippen LogP contribution < -0.4 is 0 Å². The molecule has 0 saturated heterocycles. The van der Waals surface area contributed by atoms with Crippen molar-refractivity contribution in [1.29, 1.82) is 0 Å². The van der Waals surface area contributed by atoms with Gasteiger partial charge in [-0.3, -0.25) is 4.79 Å². The highest BCUT2D eigenvalue weighted by Crippen LogP contribution is 2.43. The molecule has 0 aliphatic carbocycles. The molecule has 5 heteroatoms. The second-order valence-corrected chi connectivity index (χ2v) is 8.14. The molecule has 2 aromatic carbocycles. The molecule has 1 aliphatic rings. The normalized spacial score (nSPS) is 13.1. The van der Waals surface area contributed by atoms with Gasteiger partial charge in [0.15, 0.2) is 0 Å². The van der Waals surface area contributed by atoms with Gasteiger partial charge in [0, 0.05) is 12.1 Å². The second-order valence-electron chi connectivity index (χ2n) is 7.20. The maximum absolute atomic E-state index is 13.0. The van der Waals surface area contributed by atoms with Gasteiger partial charge in [-0.05, 0) is 28.6 Å². The monoisotopic (exact) mass is 400 g/mol. The molecule has 0 radical (unpaired) electrons. The fraction of sp³-hybridized carbons (Fsp3) is 0.167. The van der Waals surface area contributed by atoms with E-state index in [4.69, 9.17) is 0 Å². The van der Waals surface area contributed by atoms with Crippen LogP contribution in [0.25, 0.3) is 22.0 Å². The molecule has 0 fully saturated rings. The van der Waals surface area contributed by atoms with Crippen LogP contribution in [0.4, 0.5) is 0 Å². The lowest BCUT2D eigenvalue weighted by Gasteiger charge is -2.13. The lowest BCUT2D eigenvalue weighted by Crippen LogP contribution is -2.04. The van der Waals surface area contributed by atoms with Crippen molar-refractivity contribution in [3.63, 3.8) is 0 Å². The van der Waals surface area contributed by atoms with E-state index >= 15 is 0 Å². The number of carbonyl (C=O) groups is 1. The van der Waals surface area contributed by atoms with Crippen LogP contribution in [0.2, 0.25) is 0 Å². The summed E-state index contributed by atoms with van der Waals surface area (Å²) in [7, 11) is 0. The van der Waals surface area contributed by atoms with Crippen molar-refractivity contribution in [2.24, 2.45) is 4.99 Å². The first-order valence-corrected chi connectivity index (χ1v) is 10.7. The molecule has 0 saturated carbocycles. The van der Waals surface area contributed by atoms with Crippen LogP contribution in [0.15, 0.2) is 65.0 Å². The van der Waals surface area contributed by atoms with E-state index in [0.29, 0.717) is 23.4 Å². The molecule has 4 nitrogen and oxygen atoms in total. The Morgan fingerprint density at radius 2 is 1.86 bits per heavy atom. The second kappa shape index (κ2) is 7.01. The summed E-state index contributed by atoms with van der Waals surface area (Å²) >= 11 is 1.52. The van der Waals surface area contributed by atoms with E-state index in [1.165, 1.54) is 11.3 Å². The molecule has 5 rings (SSSR count). The smallest absolute Gasteiger partial charge is 0.280 e. The van der Waals surface area contributed by atoms with Gasteiger partial charge in [0.05, 0.1) is 27.4 Å². The molecular weight excluding hydrogens is 380 g/mol. The predicted octanol–water partition coefficient (Wildman–Crippen LogP) is 5.87. The van der Waals surface area contributed by atoms with Crippen LogP contribution >= 0.6 is 11.3 Å². The standard InChI is InChI=1S/C24H20N2O2S/c1-2-3-13-26-22(17-11-6-9-15-8-4-5-10-16(15)17)20-19(24(26)28)21(25-23(20)27)18-12-7-14-29-18/h4-12,14,28H,2-3,13H2,1H3. The summed E-state index contributed by atoms with van der Waals surface area (Å²) in [4.78, 5) is 18.2. The zero-order valence-corrected chi connectivity index (χ0v) is 16.9. The molecule has 3 heterocycles. The van der Waals surface area contributed by atoms with Crippen molar-refractivity contribution >= 4 is 33.7 Å². The van der Waals surface area contributed by atoms with Crippen molar-refractivity contribution in [3.05, 3.63) is 76.0 Å². The van der Waals surface area contributed by atoms with E-state index in [1.54, 1.807) is 0 Å². The quantitative estimate of drug-likeness (QED) is 0.456. The van der Waals surface area contributed by atoms with Gasteiger partial charge in [0.25, 0.3) is 5.91 Å². The van der Waals surface area contributed by atoms with Gasteiger partial charge in [-0.2, -0.15) is 0 Å². The fourth-order valence-electron chi connectivity index (χ4n) is 4.09. The van der Waals surface area contributed by atoms with Crippen LogP contribution in [-0.2, 0) is 6.54 Å². The highest BCUT2D eigenvalue weighted by atomic mass is 32.1. The predicted molar refractivity (Wildman–Crippen MR) is 118 cm³/mol. The van der Waals surface area contributed by atoms with E-state index in [1.807, 2.05) is 46.3 Å². The van der Waals surface area contributed by atoms with Crippen LogP contribution in [0.5, 0.6) is 5.88 Å². The Balaban J connectivity index is 1.82. The van der Waals surface area contributed by atoms with Gasteiger partial charge in [-0.1, -0.05) is 61.9 Å². The minimum absolute atomic E-state index is 0.134. The molecule has 1 aliphatic heterocycles. The summed E-state index contributed by atoms with van der Waals surface area (Å²) in [6, 6.07) is 18.1. The zero-order valence-electron chi connectivity index (χ0n) is 16.1. The zero-order chi connectivity index (χ0) is 20.0. The van der Waals surface area contributed by atoms with E-state index < -0.39 is 0 Å². The lowest BCUT2D eigenvalue weighted by molar-refractivity contribution is 0.101. The highest BCUT2D eigenvalue weighted by Gasteiger charge is 2.36. The van der Waals surface area contributed by atoms with Crippen molar-refractivity contribution in [1.82, 2.24) is 4.57 Å². The van der Waals surface area contributed by atoms with Crippen LogP contribution in [0, 0.1) is 0 Å². The summed E-state index contributed by atoms with van der Waals surface area (Å²) < 4.78 is 1.90. The average molecular weight is 401 g/mol. The minimum Gasteiger partial charge on any atom is -0.494 e. The number of hydrogen-bond acceptors (Lipinski definition) is 3. The topological polar surface area (TPSA) is 54.6 Å². The molecule has 1 amide bonds. The number of rotatable bonds is 5. The number of hydrogen-bond donors (Lipinski definition) is 1. The molecule has 0 atom stereocenters. The molecule has 29 heavy (non-hydrogen) atoms. The lowest BCUT2D eigenvalue weighted by atomic mass is 9.98. The number of carbonyl (C=O) groups excluding carboxylic acids is 1. The van der Waals surface area contributed by atoms with E-state index in [-0.39, 0.29) is 11.8 Å². The first-order chi connectivity index (χ1) is 14.2. The van der Waals surface area contributed by atoms with Gasteiger partial charge in [-0.25, -0.2) is 4.99 Å². The highest BCUT2D eigenvalue weighted by molar-refractivity contribution is 7.12. The number of aromatic hydroxyl groups is 1. The third kappa shape index (κ3) is 2.73. The van der Waals surface area contributed by atoms with Gasteiger partial charge in [0.1, 0.15) is 0 Å². The van der Waals surface area contributed by atoms with E-state index in [0.717, 1.165) is 39.7 Å². The Morgan fingerprint density at radius 1 is 1.03 bits per heavy atom. The average Bonchev–Trinajstić information content (AvgIpc) is 3.44. The fourth-order valence-corrected chi connectivity index (χ4v) is 4.81. The van der Waals surface area contributed by atoms with Crippen LogP contribution in [-0.4, -0.2) is 21.3 Å². The number of fused-ring (bicyclic) bond motifs is 2.